The van der Waals surface area contributed by atoms with Crippen molar-refractivity contribution >= 4 is 24.8 Å². The number of carbonyl (C=O) groups excluding carboxylic acids is 2. The highest BCUT2D eigenvalue weighted by atomic mass is 19.5. The van der Waals surface area contributed by atoms with Crippen molar-refractivity contribution in [2.24, 2.45) is 5.73 Å². The zero-order valence-electron chi connectivity index (χ0n) is 14.4. The van der Waals surface area contributed by atoms with Gasteiger partial charge in [-0.1, -0.05) is 18.2 Å². The summed E-state index contributed by atoms with van der Waals surface area (Å²) >= 11 is 0. The maximum Gasteiger partial charge on any atom is 0.673 e. The summed E-state index contributed by atoms with van der Waals surface area (Å²) < 4.78 is 39.8. The summed E-state index contributed by atoms with van der Waals surface area (Å²) in [5, 5.41) is 2.85. The zero-order chi connectivity index (χ0) is 19.6. The van der Waals surface area contributed by atoms with Crippen LogP contribution in [0.2, 0.25) is 0 Å². The molecule has 0 spiro atoms. The molecule has 0 saturated heterocycles. The minimum Gasteiger partial charge on any atom is -0.418 e. The van der Waals surface area contributed by atoms with Crippen LogP contribution in [0.3, 0.4) is 0 Å². The number of nitrogens with zero attached hydrogens (tertiary/aromatic N) is 1. The summed E-state index contributed by atoms with van der Waals surface area (Å²) in [5.41, 5.74) is 6.55. The number of anilines is 1. The number of para-hydroxylation sites is 1. The van der Waals surface area contributed by atoms with Crippen molar-refractivity contribution < 1.29 is 31.3 Å². The van der Waals surface area contributed by atoms with Gasteiger partial charge in [-0.2, -0.15) is 0 Å². The van der Waals surface area contributed by atoms with Gasteiger partial charge in [-0.15, -0.1) is 0 Å². The molecule has 0 aliphatic rings. The molecule has 0 unspecified atom stereocenters. The third kappa shape index (κ3) is 22.2. The minimum atomic E-state index is -6.00. The van der Waals surface area contributed by atoms with Crippen molar-refractivity contribution in [1.29, 1.82) is 0 Å². The van der Waals surface area contributed by atoms with E-state index in [0.717, 1.165) is 16.7 Å². The van der Waals surface area contributed by atoms with Crippen LogP contribution in [0.15, 0.2) is 24.3 Å². The van der Waals surface area contributed by atoms with Crippen molar-refractivity contribution in [3.8, 4) is 0 Å². The van der Waals surface area contributed by atoms with E-state index in [2.05, 4.69) is 38.3 Å². The Balaban J connectivity index is 0. The fraction of sp³-hybridized carbons (Fsp3) is 0.429. The third-order valence-electron chi connectivity index (χ3n) is 1.97. The Kier molecular flexibility index (Phi) is 10.7. The molecule has 0 heterocycles. The van der Waals surface area contributed by atoms with Gasteiger partial charge < -0.3 is 32.8 Å². The number of hydrogen-bond donors (Lipinski definition) is 2. The predicted molar refractivity (Wildman–Crippen MR) is 87.5 cm³/mol. The van der Waals surface area contributed by atoms with E-state index in [1.165, 1.54) is 19.4 Å². The van der Waals surface area contributed by atoms with Crippen molar-refractivity contribution in [3.05, 3.63) is 29.8 Å². The first kappa shape index (κ1) is 24.2. The Morgan fingerprint density at radius 2 is 1.46 bits per heavy atom. The molecule has 24 heavy (non-hydrogen) atoms. The molecule has 0 aromatic heterocycles. The van der Waals surface area contributed by atoms with E-state index in [1.807, 2.05) is 18.2 Å². The van der Waals surface area contributed by atoms with E-state index in [1.54, 1.807) is 0 Å². The van der Waals surface area contributed by atoms with Gasteiger partial charge in [0.2, 0.25) is 11.8 Å². The molecule has 10 heteroatoms. The third-order valence-corrected chi connectivity index (χ3v) is 1.97. The van der Waals surface area contributed by atoms with E-state index in [9.17, 15) is 26.9 Å². The molecular formula is C14H24BF4N3O2. The number of nitrogens with two attached hydrogens (primary N) is 1. The van der Waals surface area contributed by atoms with E-state index in [4.69, 9.17) is 0 Å². The molecular weight excluding hydrogens is 329 g/mol. The number of hydrogen-bond acceptors (Lipinski definition) is 2. The summed E-state index contributed by atoms with van der Waals surface area (Å²) in [6.07, 6.45) is 0. The molecule has 2 amide bonds. The molecule has 1 aromatic carbocycles. The van der Waals surface area contributed by atoms with Crippen LogP contribution in [0.4, 0.5) is 23.0 Å². The fourth-order valence-corrected chi connectivity index (χ4v) is 1.48. The average Bonchev–Trinajstić information content (AvgIpc) is 2.26. The van der Waals surface area contributed by atoms with Crippen LogP contribution >= 0.6 is 0 Å². The number of quaternary nitrogens is 1. The van der Waals surface area contributed by atoms with Crippen molar-refractivity contribution in [1.82, 2.24) is 0 Å². The Morgan fingerprint density at radius 1 is 1.08 bits per heavy atom. The van der Waals surface area contributed by atoms with E-state index in [0.29, 0.717) is 0 Å². The lowest BCUT2D eigenvalue weighted by Gasteiger charge is -2.25. The maximum absolute atomic E-state index is 11.0. The molecule has 0 saturated carbocycles. The first-order chi connectivity index (χ1) is 10.6. The SMILES string of the molecule is CC(=O)Nc1ccccc1C[N+](C)(C)C.CC(N)=O.F[B-](F)(F)F. The first-order valence-electron chi connectivity index (χ1n) is 6.91. The monoisotopic (exact) mass is 353 g/mol. The Morgan fingerprint density at radius 3 is 1.79 bits per heavy atom. The van der Waals surface area contributed by atoms with Crippen molar-refractivity contribution in [3.63, 3.8) is 0 Å². The molecule has 138 valence electrons. The highest BCUT2D eigenvalue weighted by molar-refractivity contribution is 6.50. The summed E-state index contributed by atoms with van der Waals surface area (Å²) in [6.45, 7) is 3.74. The van der Waals surface area contributed by atoms with Gasteiger partial charge in [0, 0.05) is 25.1 Å². The van der Waals surface area contributed by atoms with Crippen LogP contribution in [-0.2, 0) is 16.1 Å². The van der Waals surface area contributed by atoms with Crippen LogP contribution in [0, 0.1) is 0 Å². The van der Waals surface area contributed by atoms with Crippen LogP contribution in [-0.4, -0.2) is 44.7 Å². The molecule has 1 aromatic rings. The number of carbonyl (C=O) groups is 2. The molecule has 0 radical (unpaired) electrons. The minimum absolute atomic E-state index is 0.0242. The lowest BCUT2D eigenvalue weighted by molar-refractivity contribution is -0.883. The Labute approximate surface area is 139 Å². The lowest BCUT2D eigenvalue weighted by atomic mass is 10.1. The van der Waals surface area contributed by atoms with Crippen LogP contribution in [0.5, 0.6) is 0 Å². The summed E-state index contributed by atoms with van der Waals surface area (Å²) in [7, 11) is 0.389. The largest absolute Gasteiger partial charge is 0.673 e. The molecule has 0 bridgehead atoms. The predicted octanol–water partition coefficient (Wildman–Crippen LogP) is 2.64. The van der Waals surface area contributed by atoms with Gasteiger partial charge in [-0.05, 0) is 6.07 Å². The standard InChI is InChI=1S/C12H18N2O.C2H5NO.BF4/c1-10(15)13-12-8-6-5-7-11(12)9-14(2,3)4;1-2(3)4;2-1(3,4)5/h5-8H,9H2,1-4H3;1H3,(H2,3,4);/q;;-1/p+1. The number of rotatable bonds is 3. The molecule has 3 N–H and O–H groups in total. The number of benzene rings is 1. The van der Waals surface area contributed by atoms with Gasteiger partial charge >= 0.3 is 7.25 Å². The van der Waals surface area contributed by atoms with E-state index >= 15 is 0 Å². The summed E-state index contributed by atoms with van der Waals surface area (Å²) in [6, 6.07) is 7.92. The highest BCUT2D eigenvalue weighted by Gasteiger charge is 2.20. The second kappa shape index (κ2) is 10.6. The molecule has 0 atom stereocenters. The number of halogens is 4. The van der Waals surface area contributed by atoms with Gasteiger partial charge in [0.05, 0.1) is 21.1 Å². The Bertz CT molecular complexity index is 521. The lowest BCUT2D eigenvalue weighted by Crippen LogP contribution is -2.33. The number of primary amides is 1. The molecule has 5 nitrogen and oxygen atoms in total. The van der Waals surface area contributed by atoms with Crippen LogP contribution < -0.4 is 11.1 Å². The highest BCUT2D eigenvalue weighted by Crippen LogP contribution is 2.18. The zero-order valence-corrected chi connectivity index (χ0v) is 14.4. The van der Waals surface area contributed by atoms with Gasteiger partial charge in [0.15, 0.2) is 0 Å². The quantitative estimate of drug-likeness (QED) is 0.498. The van der Waals surface area contributed by atoms with Gasteiger partial charge in [0.25, 0.3) is 0 Å². The number of amides is 2. The average molecular weight is 353 g/mol. The summed E-state index contributed by atoms with van der Waals surface area (Å²) in [5.74, 6) is -0.358. The fourth-order valence-electron chi connectivity index (χ4n) is 1.48. The molecule has 0 aliphatic heterocycles. The second-order valence-electron chi connectivity index (χ2n) is 5.89. The summed E-state index contributed by atoms with van der Waals surface area (Å²) in [4.78, 5) is 20.2. The van der Waals surface area contributed by atoms with Crippen molar-refractivity contribution in [2.45, 2.75) is 20.4 Å². The van der Waals surface area contributed by atoms with Crippen LogP contribution in [0.1, 0.15) is 19.4 Å². The topological polar surface area (TPSA) is 72.2 Å². The maximum atomic E-state index is 11.0. The van der Waals surface area contributed by atoms with Gasteiger partial charge in [0.1, 0.15) is 6.54 Å². The van der Waals surface area contributed by atoms with Crippen LogP contribution in [0.25, 0.3) is 0 Å². The van der Waals surface area contributed by atoms with Gasteiger partial charge in [-0.25, -0.2) is 0 Å². The number of nitrogens with one attached hydrogen (secondary N) is 1. The second-order valence-corrected chi connectivity index (χ2v) is 5.89. The van der Waals surface area contributed by atoms with Gasteiger partial charge in [-0.3, -0.25) is 9.59 Å². The first-order valence-corrected chi connectivity index (χ1v) is 6.91. The van der Waals surface area contributed by atoms with E-state index in [-0.39, 0.29) is 11.8 Å². The van der Waals surface area contributed by atoms with E-state index < -0.39 is 7.25 Å². The molecule has 0 fully saturated rings. The molecule has 0 aliphatic carbocycles. The Hall–Kier alpha value is -2.10. The smallest absolute Gasteiger partial charge is 0.418 e. The normalized spacial score (nSPS) is 10.5. The molecule has 1 rings (SSSR count). The van der Waals surface area contributed by atoms with Crippen molar-refractivity contribution in [2.75, 3.05) is 26.5 Å².